The Morgan fingerprint density at radius 3 is 2.38 bits per heavy atom. The monoisotopic (exact) mass is 414 g/mol. The van der Waals surface area contributed by atoms with E-state index in [-0.39, 0.29) is 17.6 Å². The van der Waals surface area contributed by atoms with Crippen LogP contribution in [0.2, 0.25) is 0 Å². The molecule has 2 rings (SSSR count). The highest BCUT2D eigenvalue weighted by atomic mass is 19.4. The Morgan fingerprint density at radius 2 is 1.86 bits per heavy atom. The average molecular weight is 414 g/mol. The number of hydrogen-bond donors (Lipinski definition) is 2. The molecule has 6 nitrogen and oxygen atoms in total. The molecule has 0 aromatic heterocycles. The Balaban J connectivity index is 0.000000516. The van der Waals surface area contributed by atoms with Crippen LogP contribution in [-0.2, 0) is 20.8 Å². The molecule has 0 radical (unpaired) electrons. The maximum Gasteiger partial charge on any atom is 0.490 e. The number of Topliss-reactive ketones (excluding diaryl/α,β-unsaturated/α-hetero) is 1. The number of benzene rings is 1. The molecule has 2 atom stereocenters. The number of rotatable bonds is 6. The van der Waals surface area contributed by atoms with Crippen LogP contribution in [0.25, 0.3) is 0 Å². The van der Waals surface area contributed by atoms with Gasteiger partial charge in [-0.25, -0.2) is 4.79 Å². The lowest BCUT2D eigenvalue weighted by atomic mass is 9.96. The van der Waals surface area contributed by atoms with Crippen molar-refractivity contribution in [3.8, 4) is 0 Å². The van der Waals surface area contributed by atoms with Gasteiger partial charge < -0.3 is 15.7 Å². The molecule has 0 saturated carbocycles. The van der Waals surface area contributed by atoms with Crippen LogP contribution in [0.15, 0.2) is 36.4 Å². The van der Waals surface area contributed by atoms with Gasteiger partial charge in [-0.2, -0.15) is 13.2 Å². The lowest BCUT2D eigenvalue weighted by Gasteiger charge is -2.16. The first kappa shape index (κ1) is 24.4. The van der Waals surface area contributed by atoms with E-state index in [4.69, 9.17) is 15.6 Å². The lowest BCUT2D eigenvalue weighted by molar-refractivity contribution is -0.192. The number of carbonyl (C=O) groups is 3. The Kier molecular flexibility index (Phi) is 9.03. The smallest absolute Gasteiger partial charge is 0.475 e. The zero-order valence-electron chi connectivity index (χ0n) is 16.3. The number of fused-ring (bicyclic) bond motifs is 1. The van der Waals surface area contributed by atoms with E-state index in [0.29, 0.717) is 6.42 Å². The van der Waals surface area contributed by atoms with E-state index >= 15 is 0 Å². The van der Waals surface area contributed by atoms with Gasteiger partial charge in [-0.3, -0.25) is 9.59 Å². The molecule has 9 heteroatoms. The van der Waals surface area contributed by atoms with Crippen molar-refractivity contribution >= 4 is 23.3 Å². The van der Waals surface area contributed by atoms with Crippen molar-refractivity contribution in [2.75, 3.05) is 11.4 Å². The van der Waals surface area contributed by atoms with Gasteiger partial charge in [-0.1, -0.05) is 31.2 Å². The molecule has 0 saturated heterocycles. The van der Waals surface area contributed by atoms with Crippen molar-refractivity contribution < 1.29 is 32.7 Å². The van der Waals surface area contributed by atoms with Gasteiger partial charge in [0.25, 0.3) is 5.91 Å². The standard InChI is InChI=1S/C18H24N2O2.C2HF3O2/c1-3-14(12-17(21)13(2)19)8-9-18(22)20-11-10-15-6-4-5-7-16(15)20;3-2(4,5)1(6)7/h4-9,13-14H,3,10-12,19H2,1-2H3;(H,6,7)/b9-8+;/t13-,14-;/m0./s1. The quantitative estimate of drug-likeness (QED) is 0.697. The van der Waals surface area contributed by atoms with Crippen LogP contribution < -0.4 is 10.6 Å². The van der Waals surface area contributed by atoms with Crippen LogP contribution in [0.4, 0.5) is 18.9 Å². The van der Waals surface area contributed by atoms with Gasteiger partial charge in [0.05, 0.1) is 6.04 Å². The van der Waals surface area contributed by atoms with Gasteiger partial charge in [-0.05, 0) is 43.4 Å². The second-order valence-electron chi connectivity index (χ2n) is 6.66. The third-order valence-corrected chi connectivity index (χ3v) is 4.40. The van der Waals surface area contributed by atoms with E-state index in [1.807, 2.05) is 31.2 Å². The zero-order chi connectivity index (χ0) is 22.2. The molecule has 160 valence electrons. The van der Waals surface area contributed by atoms with Crippen molar-refractivity contribution in [1.82, 2.24) is 0 Å². The molecule has 1 amide bonds. The largest absolute Gasteiger partial charge is 0.490 e. The first-order valence-corrected chi connectivity index (χ1v) is 9.13. The minimum absolute atomic E-state index is 0.0170. The van der Waals surface area contributed by atoms with Crippen molar-refractivity contribution in [3.05, 3.63) is 42.0 Å². The van der Waals surface area contributed by atoms with E-state index in [2.05, 4.69) is 6.07 Å². The number of carbonyl (C=O) groups excluding carboxylic acids is 2. The number of halogens is 3. The third kappa shape index (κ3) is 7.69. The molecule has 1 aliphatic rings. The number of aliphatic carboxylic acids is 1. The second-order valence-corrected chi connectivity index (χ2v) is 6.66. The van der Waals surface area contributed by atoms with Crippen LogP contribution in [0.1, 0.15) is 32.3 Å². The van der Waals surface area contributed by atoms with Crippen LogP contribution in [0.3, 0.4) is 0 Å². The van der Waals surface area contributed by atoms with Crippen LogP contribution in [-0.4, -0.2) is 41.5 Å². The fourth-order valence-corrected chi connectivity index (χ4v) is 2.67. The highest BCUT2D eigenvalue weighted by molar-refractivity contribution is 6.02. The molecule has 1 aromatic carbocycles. The number of ketones is 1. The highest BCUT2D eigenvalue weighted by Crippen LogP contribution is 2.27. The maximum atomic E-state index is 12.4. The molecule has 0 unspecified atom stereocenters. The summed E-state index contributed by atoms with van der Waals surface area (Å²) in [7, 11) is 0. The molecule has 3 N–H and O–H groups in total. The van der Waals surface area contributed by atoms with E-state index in [9.17, 15) is 22.8 Å². The first-order valence-electron chi connectivity index (χ1n) is 9.13. The van der Waals surface area contributed by atoms with Crippen LogP contribution in [0.5, 0.6) is 0 Å². The summed E-state index contributed by atoms with van der Waals surface area (Å²) in [6.07, 6.45) is 0.484. The summed E-state index contributed by atoms with van der Waals surface area (Å²) in [5.41, 5.74) is 7.81. The summed E-state index contributed by atoms with van der Waals surface area (Å²) >= 11 is 0. The molecular formula is C20H25F3N2O4. The number of amides is 1. The van der Waals surface area contributed by atoms with Gasteiger partial charge in [-0.15, -0.1) is 0 Å². The van der Waals surface area contributed by atoms with Crippen molar-refractivity contribution in [1.29, 1.82) is 0 Å². The number of alkyl halides is 3. The Bertz CT molecular complexity index is 760. The fraction of sp³-hybridized carbons (Fsp3) is 0.450. The van der Waals surface area contributed by atoms with E-state index in [0.717, 1.165) is 25.1 Å². The third-order valence-electron chi connectivity index (χ3n) is 4.40. The van der Waals surface area contributed by atoms with Crippen LogP contribution >= 0.6 is 0 Å². The van der Waals surface area contributed by atoms with Gasteiger partial charge in [0.2, 0.25) is 0 Å². The van der Waals surface area contributed by atoms with Gasteiger partial charge in [0.15, 0.2) is 0 Å². The zero-order valence-corrected chi connectivity index (χ0v) is 16.3. The minimum atomic E-state index is -5.08. The number of allylic oxidation sites excluding steroid dienone is 1. The topological polar surface area (TPSA) is 101 Å². The summed E-state index contributed by atoms with van der Waals surface area (Å²) in [5, 5.41) is 7.12. The average Bonchev–Trinajstić information content (AvgIpc) is 3.08. The first-order chi connectivity index (χ1) is 13.5. The number of carboxylic acids is 1. The summed E-state index contributed by atoms with van der Waals surface area (Å²) in [4.78, 5) is 34.8. The van der Waals surface area contributed by atoms with Crippen molar-refractivity contribution in [2.24, 2.45) is 11.7 Å². The number of anilines is 1. The van der Waals surface area contributed by atoms with Gasteiger partial charge in [0, 0.05) is 18.7 Å². The molecule has 0 bridgehead atoms. The van der Waals surface area contributed by atoms with E-state index < -0.39 is 18.2 Å². The predicted molar refractivity (Wildman–Crippen MR) is 102 cm³/mol. The summed E-state index contributed by atoms with van der Waals surface area (Å²) in [5.74, 6) is -2.67. The Hall–Kier alpha value is -2.68. The summed E-state index contributed by atoms with van der Waals surface area (Å²) in [6, 6.07) is 7.54. The molecule has 1 aliphatic heterocycles. The summed E-state index contributed by atoms with van der Waals surface area (Å²) < 4.78 is 31.7. The fourth-order valence-electron chi connectivity index (χ4n) is 2.67. The molecule has 1 aromatic rings. The van der Waals surface area contributed by atoms with Crippen LogP contribution in [0, 0.1) is 5.92 Å². The van der Waals surface area contributed by atoms with Gasteiger partial charge >= 0.3 is 12.1 Å². The van der Waals surface area contributed by atoms with Crippen molar-refractivity contribution in [3.63, 3.8) is 0 Å². The number of nitrogens with two attached hydrogens (primary N) is 1. The minimum Gasteiger partial charge on any atom is -0.475 e. The molecule has 0 spiro atoms. The SMILES string of the molecule is CC[C@@H](/C=C/C(=O)N1CCc2ccccc21)CC(=O)[C@H](C)N.O=C(O)C(F)(F)F. The van der Waals surface area contributed by atoms with Crippen molar-refractivity contribution in [2.45, 2.75) is 45.3 Å². The predicted octanol–water partition coefficient (Wildman–Crippen LogP) is 3.10. The highest BCUT2D eigenvalue weighted by Gasteiger charge is 2.38. The molecule has 1 heterocycles. The molecule has 29 heavy (non-hydrogen) atoms. The molecule has 0 aliphatic carbocycles. The number of hydrogen-bond acceptors (Lipinski definition) is 4. The maximum absolute atomic E-state index is 12.4. The second kappa shape index (κ2) is 10.8. The Morgan fingerprint density at radius 1 is 1.28 bits per heavy atom. The number of carboxylic acid groups (broad SMARTS) is 1. The molecule has 0 fully saturated rings. The number of nitrogens with zero attached hydrogens (tertiary/aromatic N) is 1. The normalized spacial score (nSPS) is 15.3. The molecular weight excluding hydrogens is 389 g/mol. The Labute approximate surface area is 167 Å². The number of para-hydroxylation sites is 1. The lowest BCUT2D eigenvalue weighted by Crippen LogP contribution is -2.28. The summed E-state index contributed by atoms with van der Waals surface area (Å²) in [6.45, 7) is 4.43. The van der Waals surface area contributed by atoms with E-state index in [1.165, 1.54) is 5.56 Å². The van der Waals surface area contributed by atoms with Gasteiger partial charge in [0.1, 0.15) is 5.78 Å². The van der Waals surface area contributed by atoms with E-state index in [1.54, 1.807) is 17.9 Å².